The molecule has 4 aromatic rings. The summed E-state index contributed by atoms with van der Waals surface area (Å²) in [7, 11) is -4.11. The monoisotopic (exact) mass is 537 g/mol. The summed E-state index contributed by atoms with van der Waals surface area (Å²) in [5, 5.41) is 16.4. The average molecular weight is 538 g/mol. The van der Waals surface area contributed by atoms with Crippen LogP contribution in [-0.2, 0) is 15.8 Å². The Hall–Kier alpha value is -3.88. The lowest BCUT2D eigenvalue weighted by atomic mass is 10.2. The molecule has 0 aliphatic heterocycles. The molecule has 0 aliphatic rings. The molecule has 37 heavy (non-hydrogen) atoms. The third kappa shape index (κ3) is 6.67. The molecule has 2 N–H and O–H groups in total. The Morgan fingerprint density at radius 3 is 2.70 bits per heavy atom. The number of benzene rings is 2. The number of nitriles is 1. The zero-order chi connectivity index (χ0) is 26.3. The fraction of sp³-hybridized carbons (Fsp3) is 0.192. The average Bonchev–Trinajstić information content (AvgIpc) is 3.29. The van der Waals surface area contributed by atoms with Crippen molar-refractivity contribution in [1.82, 2.24) is 15.2 Å². The maximum Gasteiger partial charge on any atom is 0.263 e. The van der Waals surface area contributed by atoms with Crippen molar-refractivity contribution in [3.63, 3.8) is 0 Å². The maximum atomic E-state index is 13.8. The molecule has 0 atom stereocenters. The van der Waals surface area contributed by atoms with Crippen molar-refractivity contribution in [3.8, 4) is 23.1 Å². The van der Waals surface area contributed by atoms with Crippen LogP contribution >= 0.6 is 11.8 Å². The summed E-state index contributed by atoms with van der Waals surface area (Å²) in [5.74, 6) is 0.733. The van der Waals surface area contributed by atoms with Gasteiger partial charge in [-0.2, -0.15) is 10.4 Å². The van der Waals surface area contributed by atoms with Crippen LogP contribution in [0.15, 0.2) is 76.8 Å². The molecular weight excluding hydrogens is 513 g/mol. The van der Waals surface area contributed by atoms with Crippen LogP contribution in [0.2, 0.25) is 0 Å². The molecule has 2 aromatic carbocycles. The van der Waals surface area contributed by atoms with Crippen molar-refractivity contribution >= 4 is 27.6 Å². The highest BCUT2D eigenvalue weighted by Gasteiger charge is 2.24. The fourth-order valence-electron chi connectivity index (χ4n) is 3.48. The van der Waals surface area contributed by atoms with Crippen molar-refractivity contribution in [1.29, 1.82) is 5.26 Å². The zero-order valence-electron chi connectivity index (χ0n) is 19.9. The summed E-state index contributed by atoms with van der Waals surface area (Å²) >= 11 is 1.44. The first-order valence-corrected chi connectivity index (χ1v) is 13.8. The molecule has 0 bridgehead atoms. The van der Waals surface area contributed by atoms with E-state index >= 15 is 0 Å². The van der Waals surface area contributed by atoms with Gasteiger partial charge in [0.2, 0.25) is 0 Å². The lowest BCUT2D eigenvalue weighted by Gasteiger charge is -2.11. The molecule has 0 saturated heterocycles. The first kappa shape index (κ1) is 26.2. The zero-order valence-corrected chi connectivity index (χ0v) is 21.6. The van der Waals surface area contributed by atoms with E-state index in [2.05, 4.69) is 26.0 Å². The number of unbranched alkanes of at least 4 members (excludes halogenated alkanes) is 1. The predicted molar refractivity (Wildman–Crippen MR) is 140 cm³/mol. The Balaban J connectivity index is 1.55. The quantitative estimate of drug-likeness (QED) is 0.186. The number of aromatic amines is 1. The number of halogens is 1. The number of thioether (sulfide) groups is 1. The molecule has 0 unspecified atom stereocenters. The minimum atomic E-state index is -4.11. The van der Waals surface area contributed by atoms with E-state index in [4.69, 9.17) is 10.00 Å². The second kappa shape index (κ2) is 11.9. The molecule has 0 fully saturated rings. The van der Waals surface area contributed by atoms with Crippen LogP contribution in [0.4, 0.5) is 10.2 Å². The fourth-order valence-corrected chi connectivity index (χ4v) is 5.71. The Morgan fingerprint density at radius 2 is 1.97 bits per heavy atom. The number of hydrogen-bond acceptors (Lipinski definition) is 7. The number of rotatable bonds is 11. The molecule has 190 valence electrons. The van der Waals surface area contributed by atoms with E-state index in [1.54, 1.807) is 31.3 Å². The van der Waals surface area contributed by atoms with Gasteiger partial charge in [-0.25, -0.2) is 12.8 Å². The minimum absolute atomic E-state index is 0.0750. The van der Waals surface area contributed by atoms with Gasteiger partial charge in [-0.1, -0.05) is 24.3 Å². The number of aryl methyl sites for hydroxylation is 1. The standard InChI is InChI=1S/C26H24FN5O3S2/c1-18-7-10-20(27)16-23(18)37(33,34)32-25-24(22-6-2-4-14-29-22)26(31-30-25)36-17-19-8-11-21(12-9-19)35-15-5-3-13-28/h2,4,6-12,14,16H,3,5,15,17H2,1H3,(H2,30,31,32). The Bertz CT molecular complexity index is 1500. The normalized spacial score (nSPS) is 11.2. The van der Waals surface area contributed by atoms with Gasteiger partial charge in [0.1, 0.15) is 16.6 Å². The Morgan fingerprint density at radius 1 is 1.16 bits per heavy atom. The summed E-state index contributed by atoms with van der Waals surface area (Å²) in [6.45, 7) is 2.08. The van der Waals surface area contributed by atoms with Crippen LogP contribution in [0.5, 0.6) is 5.75 Å². The summed E-state index contributed by atoms with van der Waals surface area (Å²) in [6, 6.07) is 18.7. The van der Waals surface area contributed by atoms with Crippen molar-refractivity contribution in [2.75, 3.05) is 11.3 Å². The van der Waals surface area contributed by atoms with Gasteiger partial charge in [0.05, 0.1) is 28.8 Å². The van der Waals surface area contributed by atoms with Gasteiger partial charge >= 0.3 is 0 Å². The highest BCUT2D eigenvalue weighted by Crippen LogP contribution is 2.37. The highest BCUT2D eigenvalue weighted by atomic mass is 32.2. The van der Waals surface area contributed by atoms with Gasteiger partial charge < -0.3 is 4.74 Å². The number of sulfonamides is 1. The van der Waals surface area contributed by atoms with Gasteiger partial charge in [-0.15, -0.1) is 11.8 Å². The molecule has 2 aromatic heterocycles. The van der Waals surface area contributed by atoms with Crippen molar-refractivity contribution in [3.05, 3.63) is 83.8 Å². The molecule has 2 heterocycles. The van der Waals surface area contributed by atoms with Crippen LogP contribution in [0.1, 0.15) is 24.0 Å². The number of nitrogens with zero attached hydrogens (tertiary/aromatic N) is 3. The van der Waals surface area contributed by atoms with Gasteiger partial charge in [-0.3, -0.25) is 14.8 Å². The number of pyridine rings is 1. The molecular formula is C26H24FN5O3S2. The summed E-state index contributed by atoms with van der Waals surface area (Å²) in [6.07, 6.45) is 2.74. The lowest BCUT2D eigenvalue weighted by Crippen LogP contribution is -2.15. The SMILES string of the molecule is Cc1ccc(F)cc1S(=O)(=O)Nc1n[nH]c(SCc2ccc(OCCCC#N)cc2)c1-c1ccccn1. The van der Waals surface area contributed by atoms with E-state index in [0.29, 0.717) is 47.0 Å². The third-order valence-corrected chi connectivity index (χ3v) is 7.88. The molecule has 4 rings (SSSR count). The number of aromatic nitrogens is 3. The van der Waals surface area contributed by atoms with E-state index in [0.717, 1.165) is 17.4 Å². The van der Waals surface area contributed by atoms with Crippen LogP contribution in [0.3, 0.4) is 0 Å². The van der Waals surface area contributed by atoms with Crippen LogP contribution in [-0.4, -0.2) is 30.2 Å². The van der Waals surface area contributed by atoms with Gasteiger partial charge in [0.25, 0.3) is 10.0 Å². The van der Waals surface area contributed by atoms with E-state index in [1.165, 1.54) is 23.9 Å². The van der Waals surface area contributed by atoms with E-state index in [-0.39, 0.29) is 10.7 Å². The Labute approximate surface area is 219 Å². The molecule has 8 nitrogen and oxygen atoms in total. The minimum Gasteiger partial charge on any atom is -0.494 e. The van der Waals surface area contributed by atoms with Crippen molar-refractivity contribution < 1.29 is 17.5 Å². The number of hydrogen-bond donors (Lipinski definition) is 2. The number of ether oxygens (including phenoxy) is 1. The lowest BCUT2D eigenvalue weighted by molar-refractivity contribution is 0.312. The van der Waals surface area contributed by atoms with Crippen LogP contribution in [0.25, 0.3) is 11.3 Å². The summed E-state index contributed by atoms with van der Waals surface area (Å²) in [5.41, 5.74) is 2.47. The first-order chi connectivity index (χ1) is 17.9. The first-order valence-electron chi connectivity index (χ1n) is 11.4. The predicted octanol–water partition coefficient (Wildman–Crippen LogP) is 5.69. The smallest absolute Gasteiger partial charge is 0.263 e. The van der Waals surface area contributed by atoms with Crippen LogP contribution in [0, 0.1) is 24.1 Å². The second-order valence-corrected chi connectivity index (χ2v) is 10.7. The van der Waals surface area contributed by atoms with E-state index < -0.39 is 15.8 Å². The van der Waals surface area contributed by atoms with E-state index in [9.17, 15) is 12.8 Å². The van der Waals surface area contributed by atoms with Gasteiger partial charge in [0, 0.05) is 18.4 Å². The van der Waals surface area contributed by atoms with Gasteiger partial charge in [-0.05, 0) is 60.9 Å². The van der Waals surface area contributed by atoms with Gasteiger partial charge in [0.15, 0.2) is 5.82 Å². The topological polar surface area (TPSA) is 121 Å². The van der Waals surface area contributed by atoms with Crippen molar-refractivity contribution in [2.45, 2.75) is 35.4 Å². The maximum absolute atomic E-state index is 13.8. The molecule has 0 radical (unpaired) electrons. The number of nitrogens with one attached hydrogen (secondary N) is 2. The third-order valence-electron chi connectivity index (χ3n) is 5.33. The van der Waals surface area contributed by atoms with E-state index in [1.807, 2.05) is 24.3 Å². The second-order valence-electron chi connectivity index (χ2n) is 8.05. The van der Waals surface area contributed by atoms with Crippen molar-refractivity contribution in [2.24, 2.45) is 0 Å². The molecule has 0 saturated carbocycles. The molecule has 0 aliphatic carbocycles. The van der Waals surface area contributed by atoms with Crippen LogP contribution < -0.4 is 9.46 Å². The summed E-state index contributed by atoms with van der Waals surface area (Å²) < 4.78 is 48.1. The largest absolute Gasteiger partial charge is 0.494 e. The number of anilines is 1. The summed E-state index contributed by atoms with van der Waals surface area (Å²) in [4.78, 5) is 4.22. The molecule has 0 amide bonds. The molecule has 0 spiro atoms. The highest BCUT2D eigenvalue weighted by molar-refractivity contribution is 7.98. The Kier molecular flexibility index (Phi) is 8.43. The molecule has 11 heteroatoms. The number of H-pyrrole nitrogens is 1.